The predicted molar refractivity (Wildman–Crippen MR) is 92.3 cm³/mol. The van der Waals surface area contributed by atoms with Gasteiger partial charge in [0.1, 0.15) is 11.3 Å². The standard InChI is InChI=1S/C19H22N2O5/c1-19(2)8-12(22)15-13(9-19)26-17(20)16(18(23)25-10-24-3)14(15)11-4-6-21-7-5-11/h4-7,14H,8-10,20H2,1-3H3/t14-/m0/s1. The lowest BCUT2D eigenvalue weighted by atomic mass is 9.70. The van der Waals surface area contributed by atoms with Gasteiger partial charge in [-0.2, -0.15) is 0 Å². The summed E-state index contributed by atoms with van der Waals surface area (Å²) >= 11 is 0. The molecule has 26 heavy (non-hydrogen) atoms. The molecule has 0 saturated carbocycles. The van der Waals surface area contributed by atoms with Crippen molar-refractivity contribution < 1.29 is 23.8 Å². The van der Waals surface area contributed by atoms with Crippen molar-refractivity contribution in [3.05, 3.63) is 52.9 Å². The van der Waals surface area contributed by atoms with Gasteiger partial charge in [0.05, 0.1) is 5.92 Å². The number of nitrogens with zero attached hydrogens (tertiary/aromatic N) is 1. The number of carbonyl (C=O) groups is 2. The molecule has 7 heteroatoms. The molecule has 0 bridgehead atoms. The Bertz CT molecular complexity index is 795. The second-order valence-electron chi connectivity index (χ2n) is 7.21. The lowest BCUT2D eigenvalue weighted by Gasteiger charge is -2.37. The molecular formula is C19H22N2O5. The third-order valence-electron chi connectivity index (χ3n) is 4.52. The fourth-order valence-electron chi connectivity index (χ4n) is 3.46. The van der Waals surface area contributed by atoms with Crippen molar-refractivity contribution in [2.24, 2.45) is 11.1 Å². The van der Waals surface area contributed by atoms with E-state index in [1.54, 1.807) is 24.5 Å². The molecule has 2 heterocycles. The maximum absolute atomic E-state index is 12.9. The number of hydrogen-bond acceptors (Lipinski definition) is 7. The Morgan fingerprint density at radius 2 is 2.04 bits per heavy atom. The van der Waals surface area contributed by atoms with Gasteiger partial charge in [-0.1, -0.05) is 13.8 Å². The number of pyridine rings is 1. The number of Topliss-reactive ketones (excluding diaryl/α,β-unsaturated/α-hetero) is 1. The van der Waals surface area contributed by atoms with E-state index in [9.17, 15) is 9.59 Å². The van der Waals surface area contributed by atoms with E-state index >= 15 is 0 Å². The summed E-state index contributed by atoms with van der Waals surface area (Å²) in [6, 6.07) is 3.51. The van der Waals surface area contributed by atoms with E-state index in [2.05, 4.69) is 4.98 Å². The number of allylic oxidation sites excluding steroid dienone is 2. The molecule has 0 unspecified atom stereocenters. The van der Waals surface area contributed by atoms with E-state index in [-0.39, 0.29) is 29.4 Å². The Kier molecular flexibility index (Phi) is 4.82. The molecular weight excluding hydrogens is 336 g/mol. The summed E-state index contributed by atoms with van der Waals surface area (Å²) in [4.78, 5) is 29.5. The molecule has 1 aromatic heterocycles. The first-order chi connectivity index (χ1) is 12.3. The van der Waals surface area contributed by atoms with E-state index in [0.29, 0.717) is 24.2 Å². The average Bonchev–Trinajstić information content (AvgIpc) is 2.58. The smallest absolute Gasteiger partial charge is 0.342 e. The fraction of sp³-hybridized carbons (Fsp3) is 0.421. The summed E-state index contributed by atoms with van der Waals surface area (Å²) in [5.74, 6) is -0.890. The molecule has 1 aromatic rings. The van der Waals surface area contributed by atoms with Crippen molar-refractivity contribution >= 4 is 11.8 Å². The van der Waals surface area contributed by atoms with E-state index in [0.717, 1.165) is 5.56 Å². The molecule has 0 aromatic carbocycles. The van der Waals surface area contributed by atoms with Crippen molar-refractivity contribution in [3.8, 4) is 0 Å². The molecule has 2 aliphatic rings. The lowest BCUT2D eigenvalue weighted by Crippen LogP contribution is -2.35. The average molecular weight is 358 g/mol. The number of aromatic nitrogens is 1. The molecule has 1 atom stereocenters. The zero-order valence-corrected chi connectivity index (χ0v) is 15.1. The number of hydrogen-bond donors (Lipinski definition) is 1. The normalized spacial score (nSPS) is 22.0. The minimum atomic E-state index is -0.671. The zero-order valence-electron chi connectivity index (χ0n) is 15.1. The van der Waals surface area contributed by atoms with Crippen molar-refractivity contribution in [3.63, 3.8) is 0 Å². The first kappa shape index (κ1) is 18.1. The second-order valence-corrected chi connectivity index (χ2v) is 7.21. The molecule has 0 radical (unpaired) electrons. The Morgan fingerprint density at radius 3 is 2.69 bits per heavy atom. The highest BCUT2D eigenvalue weighted by molar-refractivity contribution is 6.03. The van der Waals surface area contributed by atoms with Gasteiger partial charge in [0.25, 0.3) is 0 Å². The summed E-state index contributed by atoms with van der Waals surface area (Å²) in [5, 5.41) is 0. The Hall–Kier alpha value is -2.67. The quantitative estimate of drug-likeness (QED) is 0.650. The minimum Gasteiger partial charge on any atom is -0.445 e. The van der Waals surface area contributed by atoms with Crippen LogP contribution in [0.25, 0.3) is 0 Å². The van der Waals surface area contributed by atoms with Gasteiger partial charge in [-0.25, -0.2) is 4.79 Å². The van der Waals surface area contributed by atoms with E-state index in [1.807, 2.05) is 13.8 Å². The molecule has 3 rings (SSSR count). The van der Waals surface area contributed by atoms with E-state index < -0.39 is 11.9 Å². The Labute approximate surface area is 151 Å². The van der Waals surface area contributed by atoms with Gasteiger partial charge >= 0.3 is 5.97 Å². The second kappa shape index (κ2) is 6.92. The molecule has 1 aliphatic heterocycles. The third-order valence-corrected chi connectivity index (χ3v) is 4.52. The zero-order chi connectivity index (χ0) is 18.9. The summed E-state index contributed by atoms with van der Waals surface area (Å²) in [6.07, 6.45) is 4.15. The first-order valence-corrected chi connectivity index (χ1v) is 8.34. The van der Waals surface area contributed by atoms with Crippen LogP contribution in [0.2, 0.25) is 0 Å². The highest BCUT2D eigenvalue weighted by Gasteiger charge is 2.45. The predicted octanol–water partition coefficient (Wildman–Crippen LogP) is 2.16. The maximum atomic E-state index is 12.9. The number of esters is 1. The van der Waals surface area contributed by atoms with Gasteiger partial charge in [-0.05, 0) is 23.1 Å². The van der Waals surface area contributed by atoms with E-state index in [1.165, 1.54) is 7.11 Å². The van der Waals surface area contributed by atoms with Gasteiger partial charge in [-0.3, -0.25) is 9.78 Å². The van der Waals surface area contributed by atoms with Crippen molar-refractivity contribution in [1.82, 2.24) is 4.98 Å². The Morgan fingerprint density at radius 1 is 1.35 bits per heavy atom. The van der Waals surface area contributed by atoms with Gasteiger partial charge in [-0.15, -0.1) is 0 Å². The number of ketones is 1. The van der Waals surface area contributed by atoms with E-state index in [4.69, 9.17) is 19.9 Å². The summed E-state index contributed by atoms with van der Waals surface area (Å²) < 4.78 is 15.6. The molecule has 7 nitrogen and oxygen atoms in total. The molecule has 1 aliphatic carbocycles. The number of methoxy groups -OCH3 is 1. The summed E-state index contributed by atoms with van der Waals surface area (Å²) in [6.45, 7) is 3.79. The molecule has 138 valence electrons. The molecule has 0 fully saturated rings. The van der Waals surface area contributed by atoms with Crippen LogP contribution in [0.5, 0.6) is 0 Å². The van der Waals surface area contributed by atoms with Crippen LogP contribution in [-0.2, 0) is 23.8 Å². The Balaban J connectivity index is 2.11. The molecule has 0 spiro atoms. The van der Waals surface area contributed by atoms with Crippen LogP contribution in [0.1, 0.15) is 38.2 Å². The SMILES string of the molecule is COCOC(=O)C1=C(N)OC2=C(C(=O)CC(C)(C)C2)[C@@H]1c1ccncc1. The van der Waals surface area contributed by atoms with Crippen LogP contribution < -0.4 is 5.73 Å². The summed E-state index contributed by atoms with van der Waals surface area (Å²) in [5.41, 5.74) is 7.16. The number of nitrogens with two attached hydrogens (primary N) is 1. The molecule has 0 saturated heterocycles. The van der Waals surface area contributed by atoms with Gasteiger partial charge < -0.3 is 19.9 Å². The van der Waals surface area contributed by atoms with Gasteiger partial charge in [0, 0.05) is 37.9 Å². The maximum Gasteiger partial charge on any atom is 0.342 e. The fourth-order valence-corrected chi connectivity index (χ4v) is 3.46. The highest BCUT2D eigenvalue weighted by atomic mass is 16.7. The minimum absolute atomic E-state index is 0.0443. The van der Waals surface area contributed by atoms with Crippen molar-refractivity contribution in [2.45, 2.75) is 32.6 Å². The molecule has 2 N–H and O–H groups in total. The first-order valence-electron chi connectivity index (χ1n) is 8.34. The highest BCUT2D eigenvalue weighted by Crippen LogP contribution is 2.48. The van der Waals surface area contributed by atoms with Crippen LogP contribution in [0, 0.1) is 5.41 Å². The van der Waals surface area contributed by atoms with Crippen LogP contribution in [0.3, 0.4) is 0 Å². The van der Waals surface area contributed by atoms with Crippen LogP contribution in [0.15, 0.2) is 47.3 Å². The lowest BCUT2D eigenvalue weighted by molar-refractivity contribution is -0.149. The van der Waals surface area contributed by atoms with Crippen LogP contribution in [0.4, 0.5) is 0 Å². The van der Waals surface area contributed by atoms with Crippen LogP contribution in [-0.4, -0.2) is 30.6 Å². The third kappa shape index (κ3) is 3.35. The number of ether oxygens (including phenoxy) is 3. The number of rotatable bonds is 4. The number of carbonyl (C=O) groups excluding carboxylic acids is 2. The topological polar surface area (TPSA) is 101 Å². The van der Waals surface area contributed by atoms with Gasteiger partial charge in [0.2, 0.25) is 5.88 Å². The molecule has 0 amide bonds. The van der Waals surface area contributed by atoms with Crippen molar-refractivity contribution in [1.29, 1.82) is 0 Å². The largest absolute Gasteiger partial charge is 0.445 e. The van der Waals surface area contributed by atoms with Crippen LogP contribution >= 0.6 is 0 Å². The van der Waals surface area contributed by atoms with Crippen molar-refractivity contribution in [2.75, 3.05) is 13.9 Å². The van der Waals surface area contributed by atoms with Gasteiger partial charge in [0.15, 0.2) is 12.6 Å². The summed E-state index contributed by atoms with van der Waals surface area (Å²) in [7, 11) is 1.41. The monoisotopic (exact) mass is 358 g/mol.